The molecule has 1 N–H and O–H groups in total. The van der Waals surface area contributed by atoms with Crippen molar-refractivity contribution in [2.24, 2.45) is 5.92 Å². The number of ether oxygens (including phenoxy) is 1. The fourth-order valence-corrected chi connectivity index (χ4v) is 4.10. The van der Waals surface area contributed by atoms with Crippen molar-refractivity contribution in [2.75, 3.05) is 13.7 Å². The summed E-state index contributed by atoms with van der Waals surface area (Å²) in [6.07, 6.45) is 6.03. The highest BCUT2D eigenvalue weighted by molar-refractivity contribution is 6.44. The van der Waals surface area contributed by atoms with E-state index in [1.165, 1.54) is 36.3 Å². The SMILES string of the molecule is COc1cccc(C(=O)C2C(=O)C(=O)N(CCC[n+]3cc[nH]c3)C2c2ccc(F)cc2)c1. The number of aryl methyl sites for hydroxylation is 1. The lowest BCUT2D eigenvalue weighted by Crippen LogP contribution is -2.36. The number of amides is 1. The van der Waals surface area contributed by atoms with Gasteiger partial charge in [-0.05, 0) is 29.8 Å². The van der Waals surface area contributed by atoms with Gasteiger partial charge in [-0.15, -0.1) is 0 Å². The lowest BCUT2D eigenvalue weighted by molar-refractivity contribution is -0.695. The molecule has 4 rings (SSSR count). The number of rotatable bonds is 8. The van der Waals surface area contributed by atoms with Gasteiger partial charge < -0.3 is 9.64 Å². The van der Waals surface area contributed by atoms with E-state index in [1.807, 2.05) is 10.8 Å². The first-order valence-corrected chi connectivity index (χ1v) is 10.3. The van der Waals surface area contributed by atoms with E-state index in [9.17, 15) is 18.8 Å². The van der Waals surface area contributed by atoms with Crippen molar-refractivity contribution in [1.82, 2.24) is 9.88 Å². The summed E-state index contributed by atoms with van der Waals surface area (Å²) < 4.78 is 20.7. The molecule has 7 nitrogen and oxygen atoms in total. The first-order valence-electron chi connectivity index (χ1n) is 10.3. The van der Waals surface area contributed by atoms with Crippen LogP contribution in [0.4, 0.5) is 4.39 Å². The molecule has 0 spiro atoms. The van der Waals surface area contributed by atoms with Crippen LogP contribution in [0.3, 0.4) is 0 Å². The molecule has 1 aromatic heterocycles. The number of imidazole rings is 1. The number of ketones is 2. The van der Waals surface area contributed by atoms with Crippen molar-refractivity contribution in [2.45, 2.75) is 19.0 Å². The van der Waals surface area contributed by atoms with Gasteiger partial charge in [0.1, 0.15) is 29.9 Å². The fraction of sp³-hybridized carbons (Fsp3) is 0.250. The molecule has 0 aliphatic carbocycles. The van der Waals surface area contributed by atoms with E-state index < -0.39 is 35.3 Å². The Balaban J connectivity index is 1.66. The van der Waals surface area contributed by atoms with Gasteiger partial charge >= 0.3 is 0 Å². The van der Waals surface area contributed by atoms with Crippen molar-refractivity contribution < 1.29 is 28.1 Å². The Hall–Kier alpha value is -3.81. The van der Waals surface area contributed by atoms with Gasteiger partial charge in [-0.2, -0.15) is 0 Å². The molecule has 1 saturated heterocycles. The number of aromatic amines is 1. The Labute approximate surface area is 184 Å². The predicted octanol–water partition coefficient (Wildman–Crippen LogP) is 2.49. The summed E-state index contributed by atoms with van der Waals surface area (Å²) >= 11 is 0. The van der Waals surface area contributed by atoms with Gasteiger partial charge in [-0.25, -0.2) is 8.96 Å². The second-order valence-corrected chi connectivity index (χ2v) is 7.64. The molecule has 32 heavy (non-hydrogen) atoms. The second-order valence-electron chi connectivity index (χ2n) is 7.64. The van der Waals surface area contributed by atoms with E-state index in [0.717, 1.165) is 0 Å². The average Bonchev–Trinajstić information content (AvgIpc) is 3.41. The minimum absolute atomic E-state index is 0.284. The third-order valence-electron chi connectivity index (χ3n) is 5.67. The van der Waals surface area contributed by atoms with Crippen LogP contribution >= 0.6 is 0 Å². The van der Waals surface area contributed by atoms with Gasteiger partial charge in [-0.1, -0.05) is 24.3 Å². The summed E-state index contributed by atoms with van der Waals surface area (Å²) in [6, 6.07) is 11.3. The monoisotopic (exact) mass is 436 g/mol. The van der Waals surface area contributed by atoms with Crippen LogP contribution in [0.1, 0.15) is 28.4 Å². The Morgan fingerprint density at radius 3 is 2.66 bits per heavy atom. The molecule has 2 unspecified atom stereocenters. The standard InChI is InChI=1S/C24H22FN3O4/c1-32-19-5-2-4-17(14-19)22(29)20-21(16-6-8-18(25)9-7-16)28(24(31)23(20)30)12-3-11-27-13-10-26-15-27/h2,4-10,13-15,20-21H,3,11-12H2,1H3/p+1. The third kappa shape index (κ3) is 4.16. The molecule has 1 fully saturated rings. The number of H-pyrrole nitrogens is 1. The van der Waals surface area contributed by atoms with Gasteiger partial charge in [0.25, 0.3) is 5.91 Å². The molecule has 2 atom stereocenters. The van der Waals surface area contributed by atoms with Gasteiger partial charge in [0.2, 0.25) is 12.1 Å². The first-order chi connectivity index (χ1) is 15.5. The van der Waals surface area contributed by atoms with E-state index in [-0.39, 0.29) is 12.1 Å². The Morgan fingerprint density at radius 1 is 1.19 bits per heavy atom. The number of nitrogens with zero attached hydrogens (tertiary/aromatic N) is 2. The maximum atomic E-state index is 13.6. The van der Waals surface area contributed by atoms with Gasteiger partial charge in [-0.3, -0.25) is 19.4 Å². The molecule has 0 saturated carbocycles. The molecular formula is C24H23FN3O4+. The molecule has 1 amide bonds. The van der Waals surface area contributed by atoms with Crippen LogP contribution < -0.4 is 9.30 Å². The predicted molar refractivity (Wildman–Crippen MR) is 112 cm³/mol. The zero-order valence-electron chi connectivity index (χ0n) is 17.5. The summed E-state index contributed by atoms with van der Waals surface area (Å²) in [4.78, 5) is 43.7. The lowest BCUT2D eigenvalue weighted by Gasteiger charge is -2.27. The number of hydrogen-bond donors (Lipinski definition) is 1. The topological polar surface area (TPSA) is 83.3 Å². The van der Waals surface area contributed by atoms with Crippen LogP contribution in [0.2, 0.25) is 0 Å². The minimum atomic E-state index is -1.21. The summed E-state index contributed by atoms with van der Waals surface area (Å²) in [5, 5.41) is 0. The molecule has 8 heteroatoms. The van der Waals surface area contributed by atoms with Crippen molar-refractivity contribution in [3.63, 3.8) is 0 Å². The van der Waals surface area contributed by atoms with E-state index in [2.05, 4.69) is 4.98 Å². The summed E-state index contributed by atoms with van der Waals surface area (Å²) in [6.45, 7) is 0.915. The lowest BCUT2D eigenvalue weighted by atomic mass is 9.86. The summed E-state index contributed by atoms with van der Waals surface area (Å²) in [5.74, 6) is -3.07. The van der Waals surface area contributed by atoms with E-state index in [1.54, 1.807) is 36.8 Å². The molecule has 164 valence electrons. The number of benzene rings is 2. The smallest absolute Gasteiger partial charge is 0.291 e. The highest BCUT2D eigenvalue weighted by atomic mass is 19.1. The summed E-state index contributed by atoms with van der Waals surface area (Å²) in [5.41, 5.74) is 0.827. The van der Waals surface area contributed by atoms with E-state index >= 15 is 0 Å². The zero-order valence-corrected chi connectivity index (χ0v) is 17.5. The first kappa shape index (κ1) is 21.4. The number of Topliss-reactive ketones (excluding diaryl/α,β-unsaturated/α-hetero) is 2. The van der Waals surface area contributed by atoms with E-state index in [4.69, 9.17) is 4.74 Å². The van der Waals surface area contributed by atoms with Gasteiger partial charge in [0.15, 0.2) is 5.78 Å². The Kier molecular flexibility index (Phi) is 6.11. The third-order valence-corrected chi connectivity index (χ3v) is 5.67. The quantitative estimate of drug-likeness (QED) is 0.255. The maximum absolute atomic E-state index is 13.6. The van der Waals surface area contributed by atoms with Gasteiger partial charge in [0, 0.05) is 18.5 Å². The van der Waals surface area contributed by atoms with E-state index in [0.29, 0.717) is 24.3 Å². The highest BCUT2D eigenvalue weighted by Gasteiger charge is 2.51. The average molecular weight is 436 g/mol. The Morgan fingerprint density at radius 2 is 1.97 bits per heavy atom. The van der Waals surface area contributed by atoms with Crippen molar-refractivity contribution >= 4 is 17.5 Å². The number of likely N-dealkylation sites (tertiary alicyclic amines) is 1. The van der Waals surface area contributed by atoms with Crippen LogP contribution in [0.25, 0.3) is 0 Å². The van der Waals surface area contributed by atoms with Crippen molar-refractivity contribution in [1.29, 1.82) is 0 Å². The number of aromatic nitrogens is 2. The second kappa shape index (κ2) is 9.13. The largest absolute Gasteiger partial charge is 0.497 e. The molecular weight excluding hydrogens is 413 g/mol. The minimum Gasteiger partial charge on any atom is -0.497 e. The maximum Gasteiger partial charge on any atom is 0.291 e. The van der Waals surface area contributed by atoms with Crippen LogP contribution in [-0.2, 0) is 16.1 Å². The van der Waals surface area contributed by atoms with Crippen LogP contribution in [0, 0.1) is 11.7 Å². The molecule has 1 aliphatic heterocycles. The van der Waals surface area contributed by atoms with Gasteiger partial charge in [0.05, 0.1) is 19.7 Å². The van der Waals surface area contributed by atoms with Crippen molar-refractivity contribution in [3.8, 4) is 5.75 Å². The zero-order chi connectivity index (χ0) is 22.7. The molecule has 0 bridgehead atoms. The molecule has 1 aliphatic rings. The number of nitrogens with one attached hydrogen (secondary N) is 1. The number of hydrogen-bond acceptors (Lipinski definition) is 4. The molecule has 2 aromatic carbocycles. The number of methoxy groups -OCH3 is 1. The number of halogens is 1. The molecule has 3 aromatic rings. The molecule has 2 heterocycles. The van der Waals surface area contributed by atoms with Crippen LogP contribution in [-0.4, -0.2) is 41.0 Å². The summed E-state index contributed by atoms with van der Waals surface area (Å²) in [7, 11) is 1.49. The normalized spacial score (nSPS) is 18.2. The highest BCUT2D eigenvalue weighted by Crippen LogP contribution is 2.38. The number of carbonyl (C=O) groups excluding carboxylic acids is 3. The Bertz CT molecular complexity index is 1130. The fourth-order valence-electron chi connectivity index (χ4n) is 4.10. The number of carbonyl (C=O) groups is 3. The molecule has 0 radical (unpaired) electrons. The van der Waals surface area contributed by atoms with Crippen LogP contribution in [0.5, 0.6) is 5.75 Å². The van der Waals surface area contributed by atoms with Crippen LogP contribution in [0.15, 0.2) is 67.3 Å². The van der Waals surface area contributed by atoms with Crippen molar-refractivity contribution in [3.05, 3.63) is 84.2 Å².